The van der Waals surface area contributed by atoms with Gasteiger partial charge in [-0.25, -0.2) is 0 Å². The second-order valence-corrected chi connectivity index (χ2v) is 4.50. The summed E-state index contributed by atoms with van der Waals surface area (Å²) in [6, 6.07) is 0.364. The molecule has 0 heterocycles. The molecule has 0 fully saturated rings. The highest BCUT2D eigenvalue weighted by Gasteiger charge is 2.07. The SMILES string of the molecule is CCOCCOCC(O)CNC(C)CN(C)C. The van der Waals surface area contributed by atoms with Crippen LogP contribution < -0.4 is 5.32 Å². The predicted molar refractivity (Wildman–Crippen MR) is 69.3 cm³/mol. The van der Waals surface area contributed by atoms with E-state index in [4.69, 9.17) is 9.47 Å². The molecule has 17 heavy (non-hydrogen) atoms. The van der Waals surface area contributed by atoms with Crippen molar-refractivity contribution in [1.82, 2.24) is 10.2 Å². The summed E-state index contributed by atoms with van der Waals surface area (Å²) in [5, 5.41) is 12.9. The molecule has 0 bridgehead atoms. The minimum atomic E-state index is -0.457. The van der Waals surface area contributed by atoms with Crippen LogP contribution in [0.25, 0.3) is 0 Å². The van der Waals surface area contributed by atoms with E-state index in [9.17, 15) is 5.11 Å². The Bertz CT molecular complexity index is 168. The molecule has 0 aliphatic rings. The Morgan fingerprint density at radius 3 is 2.47 bits per heavy atom. The molecule has 0 aliphatic heterocycles. The Hall–Kier alpha value is -0.200. The maximum atomic E-state index is 9.65. The van der Waals surface area contributed by atoms with E-state index in [0.717, 1.165) is 6.54 Å². The number of nitrogens with zero attached hydrogens (tertiary/aromatic N) is 1. The van der Waals surface area contributed by atoms with E-state index in [1.807, 2.05) is 21.0 Å². The number of likely N-dealkylation sites (N-methyl/N-ethyl adjacent to an activating group) is 1. The summed E-state index contributed by atoms with van der Waals surface area (Å²) in [7, 11) is 4.07. The lowest BCUT2D eigenvalue weighted by Gasteiger charge is -2.20. The van der Waals surface area contributed by atoms with Crippen LogP contribution in [0.1, 0.15) is 13.8 Å². The molecule has 0 aromatic rings. The van der Waals surface area contributed by atoms with Gasteiger partial charge in [0.25, 0.3) is 0 Å². The summed E-state index contributed by atoms with van der Waals surface area (Å²) in [4.78, 5) is 2.11. The second-order valence-electron chi connectivity index (χ2n) is 4.50. The molecule has 0 aliphatic carbocycles. The molecule has 0 radical (unpaired) electrons. The van der Waals surface area contributed by atoms with Crippen LogP contribution in [-0.4, -0.2) is 75.8 Å². The van der Waals surface area contributed by atoms with Crippen molar-refractivity contribution in [3.05, 3.63) is 0 Å². The Balaban J connectivity index is 3.36. The Labute approximate surface area is 105 Å². The van der Waals surface area contributed by atoms with Gasteiger partial charge in [0.05, 0.1) is 25.9 Å². The zero-order valence-electron chi connectivity index (χ0n) is 11.6. The van der Waals surface area contributed by atoms with E-state index >= 15 is 0 Å². The first-order valence-corrected chi connectivity index (χ1v) is 6.27. The van der Waals surface area contributed by atoms with Gasteiger partial charge in [-0.15, -0.1) is 0 Å². The number of ether oxygens (including phenoxy) is 2. The molecule has 104 valence electrons. The van der Waals surface area contributed by atoms with Crippen LogP contribution in [0.15, 0.2) is 0 Å². The van der Waals surface area contributed by atoms with E-state index in [1.165, 1.54) is 0 Å². The van der Waals surface area contributed by atoms with Crippen molar-refractivity contribution >= 4 is 0 Å². The van der Waals surface area contributed by atoms with Crippen LogP contribution in [0.3, 0.4) is 0 Å². The minimum absolute atomic E-state index is 0.356. The van der Waals surface area contributed by atoms with Gasteiger partial charge >= 0.3 is 0 Å². The van der Waals surface area contributed by atoms with Gasteiger partial charge in [-0.1, -0.05) is 0 Å². The molecule has 5 nitrogen and oxygen atoms in total. The van der Waals surface area contributed by atoms with Crippen LogP contribution in [0, 0.1) is 0 Å². The lowest BCUT2D eigenvalue weighted by Crippen LogP contribution is -2.41. The van der Waals surface area contributed by atoms with E-state index < -0.39 is 6.10 Å². The molecule has 2 atom stereocenters. The first-order chi connectivity index (χ1) is 8.06. The van der Waals surface area contributed by atoms with Crippen molar-refractivity contribution in [2.45, 2.75) is 26.0 Å². The molecular formula is C12H28N2O3. The summed E-state index contributed by atoms with van der Waals surface area (Å²) < 4.78 is 10.4. The third-order valence-electron chi connectivity index (χ3n) is 2.23. The Kier molecular flexibility index (Phi) is 10.8. The van der Waals surface area contributed by atoms with Crippen LogP contribution in [0.4, 0.5) is 0 Å². The van der Waals surface area contributed by atoms with E-state index in [0.29, 0.717) is 39.0 Å². The fraction of sp³-hybridized carbons (Fsp3) is 1.00. The third-order valence-corrected chi connectivity index (χ3v) is 2.23. The topological polar surface area (TPSA) is 54.0 Å². The number of hydrogen-bond acceptors (Lipinski definition) is 5. The van der Waals surface area contributed by atoms with Crippen molar-refractivity contribution in [3.8, 4) is 0 Å². The lowest BCUT2D eigenvalue weighted by atomic mass is 10.3. The fourth-order valence-electron chi connectivity index (χ4n) is 1.49. The smallest absolute Gasteiger partial charge is 0.0897 e. The molecule has 0 spiro atoms. The van der Waals surface area contributed by atoms with Crippen molar-refractivity contribution in [2.24, 2.45) is 0 Å². The summed E-state index contributed by atoms with van der Waals surface area (Å²) in [6.45, 7) is 7.76. The summed E-state index contributed by atoms with van der Waals surface area (Å²) in [6.07, 6.45) is -0.457. The predicted octanol–water partition coefficient (Wildman–Crippen LogP) is -0.0599. The van der Waals surface area contributed by atoms with Crippen molar-refractivity contribution in [1.29, 1.82) is 0 Å². The van der Waals surface area contributed by atoms with Gasteiger partial charge in [0.2, 0.25) is 0 Å². The Morgan fingerprint density at radius 2 is 1.88 bits per heavy atom. The molecule has 0 amide bonds. The zero-order chi connectivity index (χ0) is 13.1. The van der Waals surface area contributed by atoms with Crippen LogP contribution in [-0.2, 0) is 9.47 Å². The van der Waals surface area contributed by atoms with E-state index in [-0.39, 0.29) is 0 Å². The summed E-state index contributed by atoms with van der Waals surface area (Å²) >= 11 is 0. The quantitative estimate of drug-likeness (QED) is 0.502. The monoisotopic (exact) mass is 248 g/mol. The molecule has 2 N–H and O–H groups in total. The van der Waals surface area contributed by atoms with Gasteiger partial charge in [0.15, 0.2) is 0 Å². The van der Waals surface area contributed by atoms with Gasteiger partial charge < -0.3 is 24.8 Å². The minimum Gasteiger partial charge on any atom is -0.389 e. The fourth-order valence-corrected chi connectivity index (χ4v) is 1.49. The molecule has 0 aromatic heterocycles. The average Bonchev–Trinajstić information content (AvgIpc) is 2.25. The van der Waals surface area contributed by atoms with Crippen molar-refractivity contribution < 1.29 is 14.6 Å². The zero-order valence-corrected chi connectivity index (χ0v) is 11.6. The summed E-state index contributed by atoms with van der Waals surface area (Å²) in [5.41, 5.74) is 0. The maximum Gasteiger partial charge on any atom is 0.0897 e. The number of hydrogen-bond donors (Lipinski definition) is 2. The first-order valence-electron chi connectivity index (χ1n) is 6.27. The van der Waals surface area contributed by atoms with E-state index in [2.05, 4.69) is 17.1 Å². The molecule has 0 aromatic carbocycles. The number of aliphatic hydroxyl groups excluding tert-OH is 1. The van der Waals surface area contributed by atoms with Gasteiger partial charge in [-0.2, -0.15) is 0 Å². The molecule has 2 unspecified atom stereocenters. The van der Waals surface area contributed by atoms with Crippen LogP contribution >= 0.6 is 0 Å². The summed E-state index contributed by atoms with van der Waals surface area (Å²) in [5.74, 6) is 0. The van der Waals surface area contributed by atoms with Crippen molar-refractivity contribution in [2.75, 3.05) is 53.6 Å². The van der Waals surface area contributed by atoms with E-state index in [1.54, 1.807) is 0 Å². The molecule has 0 saturated carbocycles. The first kappa shape index (κ1) is 16.8. The maximum absolute atomic E-state index is 9.65. The highest BCUT2D eigenvalue weighted by Crippen LogP contribution is 1.89. The second kappa shape index (κ2) is 10.9. The number of nitrogens with one attached hydrogen (secondary N) is 1. The van der Waals surface area contributed by atoms with Gasteiger partial charge in [-0.3, -0.25) is 0 Å². The molecule has 0 rings (SSSR count). The molecule has 0 saturated heterocycles. The van der Waals surface area contributed by atoms with Crippen molar-refractivity contribution in [3.63, 3.8) is 0 Å². The molecular weight excluding hydrogens is 220 g/mol. The van der Waals surface area contributed by atoms with Gasteiger partial charge in [-0.05, 0) is 27.9 Å². The number of rotatable bonds is 11. The highest BCUT2D eigenvalue weighted by molar-refractivity contribution is 4.66. The lowest BCUT2D eigenvalue weighted by molar-refractivity contribution is 0.00569. The number of aliphatic hydroxyl groups is 1. The standard InChI is InChI=1S/C12H28N2O3/c1-5-16-6-7-17-10-12(15)8-13-11(2)9-14(3)4/h11-13,15H,5-10H2,1-4H3. The van der Waals surface area contributed by atoms with Gasteiger partial charge in [0.1, 0.15) is 0 Å². The highest BCUT2D eigenvalue weighted by atomic mass is 16.5. The average molecular weight is 248 g/mol. The largest absolute Gasteiger partial charge is 0.389 e. The molecule has 5 heteroatoms. The van der Waals surface area contributed by atoms with Crippen LogP contribution in [0.5, 0.6) is 0 Å². The Morgan fingerprint density at radius 1 is 1.24 bits per heavy atom. The third kappa shape index (κ3) is 12.1. The van der Waals surface area contributed by atoms with Crippen LogP contribution in [0.2, 0.25) is 0 Å². The normalized spacial score (nSPS) is 15.2. The van der Waals surface area contributed by atoms with Gasteiger partial charge in [0, 0.05) is 25.7 Å².